The Morgan fingerprint density at radius 1 is 1.16 bits per heavy atom. The molecule has 8 rings (SSSR count). The van der Waals surface area contributed by atoms with Crippen LogP contribution in [0.1, 0.15) is 74.4 Å². The van der Waals surface area contributed by atoms with Crippen molar-refractivity contribution < 1.29 is 14.3 Å². The first-order chi connectivity index (χ1) is 21.9. The van der Waals surface area contributed by atoms with Crippen LogP contribution in [0, 0.1) is 12.3 Å². The average Bonchev–Trinajstić information content (AvgIpc) is 3.47. The number of hydrogen-bond acceptors (Lipinski definition) is 7. The second-order valence-electron chi connectivity index (χ2n) is 13.0. The maximum atomic E-state index is 13.4. The fourth-order valence-electron chi connectivity index (χ4n) is 6.84. The molecule has 0 bridgehead atoms. The highest BCUT2D eigenvalue weighted by molar-refractivity contribution is 5.99. The number of aryl methyl sites for hydroxylation is 1. The van der Waals surface area contributed by atoms with Gasteiger partial charge in [-0.3, -0.25) is 9.48 Å². The van der Waals surface area contributed by atoms with E-state index in [-0.39, 0.29) is 17.4 Å². The van der Waals surface area contributed by atoms with Crippen molar-refractivity contribution in [3.8, 4) is 22.5 Å². The molecule has 10 nitrogen and oxygen atoms in total. The lowest BCUT2D eigenvalue weighted by atomic mass is 9.85. The Kier molecular flexibility index (Phi) is 6.71. The molecule has 4 aromatic rings. The monoisotopic (exact) mass is 603 g/mol. The van der Waals surface area contributed by atoms with Crippen molar-refractivity contribution in [2.24, 2.45) is 10.4 Å². The number of aromatic amines is 1. The molecule has 1 atom stereocenters. The summed E-state index contributed by atoms with van der Waals surface area (Å²) in [6.07, 6.45) is 12.1. The molecule has 2 aliphatic heterocycles. The number of imidazole rings is 1. The Morgan fingerprint density at radius 2 is 2.00 bits per heavy atom. The summed E-state index contributed by atoms with van der Waals surface area (Å²) in [7, 11) is 0. The summed E-state index contributed by atoms with van der Waals surface area (Å²) in [5.41, 5.74) is 8.45. The van der Waals surface area contributed by atoms with Crippen LogP contribution in [0.2, 0.25) is 0 Å². The van der Waals surface area contributed by atoms with E-state index >= 15 is 0 Å². The van der Waals surface area contributed by atoms with E-state index in [1.165, 1.54) is 5.56 Å². The van der Waals surface area contributed by atoms with Gasteiger partial charge >= 0.3 is 0 Å². The minimum Gasteiger partial charge on any atom is -0.443 e. The van der Waals surface area contributed by atoms with Gasteiger partial charge in [0.25, 0.3) is 5.91 Å². The van der Waals surface area contributed by atoms with E-state index < -0.39 is 0 Å². The Balaban J connectivity index is 1.06. The van der Waals surface area contributed by atoms with E-state index in [1.807, 2.05) is 18.5 Å². The van der Waals surface area contributed by atoms with Gasteiger partial charge in [0.05, 0.1) is 29.4 Å². The summed E-state index contributed by atoms with van der Waals surface area (Å²) in [6.45, 7) is 9.69. The van der Waals surface area contributed by atoms with Crippen molar-refractivity contribution >= 4 is 23.0 Å². The largest absolute Gasteiger partial charge is 0.443 e. The number of nitrogens with one attached hydrogen (secondary N) is 2. The second-order valence-corrected chi connectivity index (χ2v) is 13.0. The summed E-state index contributed by atoms with van der Waals surface area (Å²) >= 11 is 0. The molecule has 10 heteroatoms. The normalized spacial score (nSPS) is 21.1. The topological polar surface area (TPSA) is 119 Å². The molecule has 4 aliphatic rings. The molecule has 45 heavy (non-hydrogen) atoms. The number of aliphatic imine (C=N–C) groups is 1. The van der Waals surface area contributed by atoms with Gasteiger partial charge in [-0.15, -0.1) is 0 Å². The highest BCUT2D eigenvalue weighted by atomic mass is 16.5. The molecular formula is C35H37N7O3. The molecule has 230 valence electrons. The number of carbonyl (C=O) groups excluding carboxylic acids is 1. The van der Waals surface area contributed by atoms with Crippen molar-refractivity contribution in [1.29, 1.82) is 0 Å². The highest BCUT2D eigenvalue weighted by Crippen LogP contribution is 2.48. The van der Waals surface area contributed by atoms with Gasteiger partial charge in [-0.05, 0) is 74.6 Å². The second kappa shape index (κ2) is 10.8. The van der Waals surface area contributed by atoms with Crippen molar-refractivity contribution in [1.82, 2.24) is 30.0 Å². The number of pyridine rings is 1. The number of aromatic nitrogens is 5. The van der Waals surface area contributed by atoms with Crippen LogP contribution < -0.4 is 5.32 Å². The van der Waals surface area contributed by atoms with Gasteiger partial charge in [0.1, 0.15) is 17.3 Å². The molecule has 1 saturated carbocycles. The summed E-state index contributed by atoms with van der Waals surface area (Å²) < 4.78 is 13.4. The standard InChI is InChI=1S/C35H37N7O3/c1-20-17-29(39-34(45-20)35(3)12-13-35)33(43)38-28-6-4-5-22-18-23(7-8-25(22)28)26-9-14-36-32-30(26)40-31(41-32)27-19-37-42(21(27)2)24-10-15-44-16-11-24/h7-9,14,17-19,24,28H,1,4-6,10-13,15-16H2,2-3H3,(H,38,43)(H,36,40,41). The minimum absolute atomic E-state index is 0.0873. The Labute approximate surface area is 261 Å². The third kappa shape index (κ3) is 5.07. The minimum atomic E-state index is -0.195. The number of fused-ring (bicyclic) bond motifs is 2. The van der Waals surface area contributed by atoms with Gasteiger partial charge in [-0.25, -0.2) is 15.0 Å². The van der Waals surface area contributed by atoms with Crippen molar-refractivity contribution in [3.05, 3.63) is 77.6 Å². The van der Waals surface area contributed by atoms with Crippen LogP contribution in [0.15, 0.2) is 65.8 Å². The van der Waals surface area contributed by atoms with E-state index in [1.54, 1.807) is 6.08 Å². The molecule has 3 aromatic heterocycles. The number of carbonyl (C=O) groups is 1. The molecule has 2 fully saturated rings. The van der Waals surface area contributed by atoms with E-state index in [9.17, 15) is 4.79 Å². The zero-order valence-corrected chi connectivity index (χ0v) is 25.7. The van der Waals surface area contributed by atoms with Crippen LogP contribution >= 0.6 is 0 Å². The molecule has 1 saturated heterocycles. The third-order valence-electron chi connectivity index (χ3n) is 9.80. The Morgan fingerprint density at radius 3 is 2.82 bits per heavy atom. The van der Waals surface area contributed by atoms with Gasteiger partial charge in [0, 0.05) is 42.2 Å². The molecule has 1 aromatic carbocycles. The molecule has 5 heterocycles. The SMILES string of the molecule is C=C1C=C(C(=O)NC2CCCc3cc(-c4ccnc5nc(-c6cnn(C7CCOCC7)c6C)[nH]c45)ccc32)N=C(C2(C)CC2)O1. The van der Waals surface area contributed by atoms with Crippen LogP contribution in [0.4, 0.5) is 0 Å². The van der Waals surface area contributed by atoms with Crippen LogP contribution in [0.5, 0.6) is 0 Å². The molecule has 1 unspecified atom stereocenters. The molecular weight excluding hydrogens is 566 g/mol. The number of ether oxygens (including phenoxy) is 2. The van der Waals surface area contributed by atoms with Crippen LogP contribution in [0.3, 0.4) is 0 Å². The molecule has 2 aliphatic carbocycles. The quantitative estimate of drug-likeness (QED) is 0.268. The fraction of sp³-hybridized carbons (Fsp3) is 0.400. The van der Waals surface area contributed by atoms with Crippen LogP contribution in [-0.4, -0.2) is 49.8 Å². The molecule has 0 spiro atoms. The first-order valence-electron chi connectivity index (χ1n) is 15.9. The predicted octanol–water partition coefficient (Wildman–Crippen LogP) is 6.27. The zero-order chi connectivity index (χ0) is 30.7. The number of nitrogens with zero attached hydrogens (tertiary/aromatic N) is 5. The Hall–Kier alpha value is -4.57. The van der Waals surface area contributed by atoms with E-state index in [0.29, 0.717) is 29.0 Å². The number of amides is 1. The van der Waals surface area contributed by atoms with Crippen LogP contribution in [0.25, 0.3) is 33.7 Å². The lowest BCUT2D eigenvalue weighted by molar-refractivity contribution is -0.118. The summed E-state index contributed by atoms with van der Waals surface area (Å²) in [4.78, 5) is 31.0. The average molecular weight is 604 g/mol. The third-order valence-corrected chi connectivity index (χ3v) is 9.80. The maximum absolute atomic E-state index is 13.4. The van der Waals surface area contributed by atoms with E-state index in [4.69, 9.17) is 19.6 Å². The Bertz CT molecular complexity index is 1900. The van der Waals surface area contributed by atoms with E-state index in [0.717, 1.165) is 97.4 Å². The number of H-pyrrole nitrogens is 1. The van der Waals surface area contributed by atoms with Crippen molar-refractivity contribution in [2.75, 3.05) is 13.2 Å². The lowest BCUT2D eigenvalue weighted by Crippen LogP contribution is -2.33. The summed E-state index contributed by atoms with van der Waals surface area (Å²) in [5.74, 6) is 1.64. The zero-order valence-electron chi connectivity index (χ0n) is 25.7. The first-order valence-corrected chi connectivity index (χ1v) is 15.9. The molecule has 2 N–H and O–H groups in total. The highest BCUT2D eigenvalue weighted by Gasteiger charge is 2.46. The molecule has 1 amide bonds. The van der Waals surface area contributed by atoms with Gasteiger partial charge in [-0.2, -0.15) is 5.10 Å². The fourth-order valence-corrected chi connectivity index (χ4v) is 6.84. The maximum Gasteiger partial charge on any atom is 0.270 e. The van der Waals surface area contributed by atoms with Crippen molar-refractivity contribution in [2.45, 2.75) is 70.9 Å². The van der Waals surface area contributed by atoms with Crippen LogP contribution in [-0.2, 0) is 20.7 Å². The lowest BCUT2D eigenvalue weighted by Gasteiger charge is -2.27. The van der Waals surface area contributed by atoms with Gasteiger partial charge in [0.2, 0.25) is 5.90 Å². The summed E-state index contributed by atoms with van der Waals surface area (Å²) in [6, 6.07) is 8.82. The predicted molar refractivity (Wildman–Crippen MR) is 171 cm³/mol. The number of benzene rings is 1. The van der Waals surface area contributed by atoms with E-state index in [2.05, 4.69) is 63.6 Å². The number of rotatable bonds is 6. The number of allylic oxidation sites excluding steroid dienone is 1. The molecule has 0 radical (unpaired) electrons. The van der Waals surface area contributed by atoms with Gasteiger partial charge in [0.15, 0.2) is 5.65 Å². The summed E-state index contributed by atoms with van der Waals surface area (Å²) in [5, 5.41) is 7.97. The van der Waals surface area contributed by atoms with Crippen molar-refractivity contribution in [3.63, 3.8) is 0 Å². The smallest absolute Gasteiger partial charge is 0.270 e. The van der Waals surface area contributed by atoms with Gasteiger partial charge in [-0.1, -0.05) is 31.7 Å². The number of hydrogen-bond donors (Lipinski definition) is 2. The van der Waals surface area contributed by atoms with Gasteiger partial charge < -0.3 is 19.8 Å². The first kappa shape index (κ1) is 27.9.